The molecule has 13 heteroatoms. The monoisotopic (exact) mass is 654 g/mol. The van der Waals surface area contributed by atoms with Crippen molar-refractivity contribution in [3.05, 3.63) is 109 Å². The fraction of sp³-hybridized carbons (Fsp3) is 0.0714. The molecule has 0 aromatic heterocycles. The van der Waals surface area contributed by atoms with Gasteiger partial charge in [-0.1, -0.05) is 48.5 Å². The minimum atomic E-state index is -4.47. The van der Waals surface area contributed by atoms with E-state index in [1.165, 1.54) is 42.4 Å². The van der Waals surface area contributed by atoms with Crippen molar-refractivity contribution in [1.29, 1.82) is 0 Å². The molecule has 1 aliphatic heterocycles. The number of carbonyl (C=O) groups is 2. The number of non-ortho nitro benzene ring substituents is 1. The summed E-state index contributed by atoms with van der Waals surface area (Å²) in [6.07, 6.45) is 1.50. The topological polar surface area (TPSA) is 133 Å². The highest BCUT2D eigenvalue weighted by molar-refractivity contribution is 9.10. The molecule has 2 amide bonds. The predicted octanol–water partition coefficient (Wildman–Crippen LogP) is 6.52. The van der Waals surface area contributed by atoms with Crippen LogP contribution in [-0.2, 0) is 21.5 Å². The number of hydrogen-bond donors (Lipinski definition) is 0. The molecule has 0 radical (unpaired) electrons. The minimum Gasteiger partial charge on any atom is -0.493 e. The molecular formula is C28H19BrN2O8S2. The van der Waals surface area contributed by atoms with Gasteiger partial charge in [-0.3, -0.25) is 24.6 Å². The van der Waals surface area contributed by atoms with Crippen LogP contribution in [0.2, 0.25) is 0 Å². The van der Waals surface area contributed by atoms with E-state index in [0.717, 1.165) is 40.2 Å². The van der Waals surface area contributed by atoms with E-state index in [1.807, 2.05) is 42.5 Å². The van der Waals surface area contributed by atoms with Gasteiger partial charge in [0.15, 0.2) is 11.5 Å². The quantitative estimate of drug-likeness (QED) is 0.0900. The molecule has 0 spiro atoms. The van der Waals surface area contributed by atoms with E-state index in [9.17, 15) is 28.1 Å². The number of carbonyl (C=O) groups excluding carboxylic acids is 2. The largest absolute Gasteiger partial charge is 0.493 e. The van der Waals surface area contributed by atoms with Crippen molar-refractivity contribution >= 4 is 71.5 Å². The third-order valence-corrected chi connectivity index (χ3v) is 8.86. The van der Waals surface area contributed by atoms with E-state index in [1.54, 1.807) is 0 Å². The van der Waals surface area contributed by atoms with Gasteiger partial charge in [-0.2, -0.15) is 8.42 Å². The number of methoxy groups -OCH3 is 1. The molecule has 0 atom stereocenters. The molecule has 4 aromatic carbocycles. The minimum absolute atomic E-state index is 0.00890. The van der Waals surface area contributed by atoms with Crippen LogP contribution in [0, 0.1) is 10.1 Å². The first-order chi connectivity index (χ1) is 19.6. The third kappa shape index (κ3) is 5.82. The van der Waals surface area contributed by atoms with E-state index >= 15 is 0 Å². The molecule has 0 saturated carbocycles. The summed E-state index contributed by atoms with van der Waals surface area (Å²) in [7, 11) is -3.17. The molecule has 4 aromatic rings. The van der Waals surface area contributed by atoms with Gasteiger partial charge < -0.3 is 8.92 Å². The summed E-state index contributed by atoms with van der Waals surface area (Å²) in [5, 5.41) is 12.6. The number of nitrogens with zero attached hydrogens (tertiary/aromatic N) is 2. The van der Waals surface area contributed by atoms with E-state index in [-0.39, 0.29) is 27.4 Å². The van der Waals surface area contributed by atoms with Gasteiger partial charge in [0.1, 0.15) is 4.90 Å². The molecule has 1 aliphatic rings. The number of imide groups is 1. The van der Waals surface area contributed by atoms with Crippen LogP contribution < -0.4 is 8.92 Å². The molecule has 208 valence electrons. The molecule has 1 fully saturated rings. The first-order valence-corrected chi connectivity index (χ1v) is 14.9. The summed E-state index contributed by atoms with van der Waals surface area (Å²) in [6, 6.07) is 20.8. The number of amides is 2. The fourth-order valence-corrected chi connectivity index (χ4v) is 6.69. The Morgan fingerprint density at radius 2 is 1.76 bits per heavy atom. The van der Waals surface area contributed by atoms with Gasteiger partial charge in [-0.15, -0.1) is 0 Å². The van der Waals surface area contributed by atoms with Gasteiger partial charge in [0.25, 0.3) is 16.8 Å². The number of nitro benzene ring substituents is 1. The molecule has 0 unspecified atom stereocenters. The van der Waals surface area contributed by atoms with Crippen molar-refractivity contribution in [2.24, 2.45) is 0 Å². The number of nitro groups is 1. The van der Waals surface area contributed by atoms with Gasteiger partial charge in [-0.25, -0.2) is 0 Å². The summed E-state index contributed by atoms with van der Waals surface area (Å²) in [6.45, 7) is 0.110. The maximum Gasteiger partial charge on any atom is 0.339 e. The van der Waals surface area contributed by atoms with Crippen LogP contribution in [0.3, 0.4) is 0 Å². The molecule has 0 aliphatic carbocycles. The van der Waals surface area contributed by atoms with Gasteiger partial charge in [-0.05, 0) is 73.9 Å². The lowest BCUT2D eigenvalue weighted by Crippen LogP contribution is -2.27. The maximum atomic E-state index is 13.2. The third-order valence-electron chi connectivity index (χ3n) is 6.14. The lowest BCUT2D eigenvalue weighted by atomic mass is 10.0. The van der Waals surface area contributed by atoms with Crippen molar-refractivity contribution in [1.82, 2.24) is 4.90 Å². The molecule has 10 nitrogen and oxygen atoms in total. The van der Waals surface area contributed by atoms with E-state index in [4.69, 9.17) is 8.92 Å². The first kappa shape index (κ1) is 28.3. The number of ether oxygens (including phenoxy) is 1. The fourth-order valence-electron chi connectivity index (χ4n) is 4.20. The number of rotatable bonds is 8. The summed E-state index contributed by atoms with van der Waals surface area (Å²) >= 11 is 4.08. The normalized spacial score (nSPS) is 14.6. The van der Waals surface area contributed by atoms with Crippen molar-refractivity contribution in [3.63, 3.8) is 0 Å². The van der Waals surface area contributed by atoms with Crippen molar-refractivity contribution in [2.45, 2.75) is 11.4 Å². The Hall–Kier alpha value is -4.20. The number of hydrogen-bond acceptors (Lipinski definition) is 9. The Morgan fingerprint density at radius 3 is 2.51 bits per heavy atom. The van der Waals surface area contributed by atoms with Crippen LogP contribution in [0.4, 0.5) is 10.5 Å². The number of halogens is 1. The lowest BCUT2D eigenvalue weighted by Gasteiger charge is -2.14. The van der Waals surface area contributed by atoms with Crippen LogP contribution in [0.25, 0.3) is 16.8 Å². The molecule has 0 N–H and O–H groups in total. The Labute approximate surface area is 247 Å². The number of fused-ring (bicyclic) bond motifs is 1. The standard InChI is InChI=1S/C28H19BrN2O8S2/c1-38-24-13-17(12-23(29)26(24)39-41(36,37)21-10-5-9-20(15-21)31(34)35)14-25-27(32)30(28(33)40-25)16-19-8-4-7-18-6-2-3-11-22(18)19/h2-15H,16H2,1H3/b25-14-. The van der Waals surface area contributed by atoms with Crippen molar-refractivity contribution in [3.8, 4) is 11.5 Å². The molecule has 0 bridgehead atoms. The number of benzene rings is 4. The predicted molar refractivity (Wildman–Crippen MR) is 157 cm³/mol. The molecular weight excluding hydrogens is 636 g/mol. The second kappa shape index (κ2) is 11.4. The Balaban J connectivity index is 1.41. The first-order valence-electron chi connectivity index (χ1n) is 11.9. The summed E-state index contributed by atoms with van der Waals surface area (Å²) in [4.78, 5) is 37.3. The molecule has 41 heavy (non-hydrogen) atoms. The van der Waals surface area contributed by atoms with Crippen LogP contribution in [0.1, 0.15) is 11.1 Å². The zero-order chi connectivity index (χ0) is 29.3. The molecule has 5 rings (SSSR count). The second-order valence-corrected chi connectivity index (χ2v) is 12.1. The van der Waals surface area contributed by atoms with Gasteiger partial charge >= 0.3 is 10.1 Å². The van der Waals surface area contributed by atoms with E-state index in [2.05, 4.69) is 15.9 Å². The van der Waals surface area contributed by atoms with Crippen LogP contribution in [0.15, 0.2) is 93.1 Å². The lowest BCUT2D eigenvalue weighted by molar-refractivity contribution is -0.385. The Morgan fingerprint density at radius 1 is 1.02 bits per heavy atom. The van der Waals surface area contributed by atoms with Crippen LogP contribution >= 0.6 is 27.7 Å². The SMILES string of the molecule is COc1cc(/C=C2\SC(=O)N(Cc3cccc4ccccc34)C2=O)cc(Br)c1OS(=O)(=O)c1cccc([N+](=O)[O-])c1. The van der Waals surface area contributed by atoms with Crippen LogP contribution in [-0.4, -0.2) is 36.5 Å². The second-order valence-electron chi connectivity index (χ2n) is 8.73. The average Bonchev–Trinajstić information content (AvgIpc) is 3.21. The Kier molecular flexibility index (Phi) is 7.84. The highest BCUT2D eigenvalue weighted by Gasteiger charge is 2.35. The van der Waals surface area contributed by atoms with Crippen molar-refractivity contribution < 1.29 is 31.9 Å². The number of thioether (sulfide) groups is 1. The zero-order valence-corrected chi connectivity index (χ0v) is 24.4. The zero-order valence-electron chi connectivity index (χ0n) is 21.1. The maximum absolute atomic E-state index is 13.2. The van der Waals surface area contributed by atoms with Gasteiger partial charge in [0, 0.05) is 12.1 Å². The van der Waals surface area contributed by atoms with E-state index in [0.29, 0.717) is 5.56 Å². The van der Waals surface area contributed by atoms with Gasteiger partial charge in [0.2, 0.25) is 0 Å². The highest BCUT2D eigenvalue weighted by atomic mass is 79.9. The van der Waals surface area contributed by atoms with E-state index < -0.39 is 36.8 Å². The molecule has 1 heterocycles. The Bertz CT molecular complexity index is 1870. The smallest absolute Gasteiger partial charge is 0.339 e. The van der Waals surface area contributed by atoms with Gasteiger partial charge in [0.05, 0.1) is 28.0 Å². The summed E-state index contributed by atoms with van der Waals surface area (Å²) in [5.41, 5.74) is 0.859. The molecule has 1 saturated heterocycles. The highest BCUT2D eigenvalue weighted by Crippen LogP contribution is 2.41. The average molecular weight is 656 g/mol. The van der Waals surface area contributed by atoms with Crippen LogP contribution in [0.5, 0.6) is 11.5 Å². The van der Waals surface area contributed by atoms with Crippen molar-refractivity contribution in [2.75, 3.05) is 7.11 Å². The summed E-state index contributed by atoms with van der Waals surface area (Å²) < 4.78 is 36.6. The summed E-state index contributed by atoms with van der Waals surface area (Å²) in [5.74, 6) is -0.647.